The predicted molar refractivity (Wildman–Crippen MR) is 86.6 cm³/mol. The quantitative estimate of drug-likeness (QED) is 0.935. The van der Waals surface area contributed by atoms with Crippen LogP contribution in [0.5, 0.6) is 0 Å². The summed E-state index contributed by atoms with van der Waals surface area (Å²) in [5, 5.41) is 7.06. The van der Waals surface area contributed by atoms with E-state index >= 15 is 0 Å². The molecule has 2 rings (SSSR count). The molecule has 0 aromatic carbocycles. The lowest BCUT2D eigenvalue weighted by Crippen LogP contribution is -2.27. The van der Waals surface area contributed by atoms with E-state index < -0.39 is 11.7 Å². The number of ether oxygens (including phenoxy) is 2. The topological polar surface area (TPSA) is 78.3 Å². The highest BCUT2D eigenvalue weighted by atomic mass is 16.6. The van der Waals surface area contributed by atoms with Crippen LogP contribution in [0.25, 0.3) is 5.69 Å². The highest BCUT2D eigenvalue weighted by molar-refractivity contribution is 5.85. The third-order valence-electron chi connectivity index (χ3n) is 3.07. The number of rotatable bonds is 4. The van der Waals surface area contributed by atoms with Crippen molar-refractivity contribution in [3.05, 3.63) is 36.4 Å². The summed E-state index contributed by atoms with van der Waals surface area (Å²) in [7, 11) is 1.60. The number of amides is 1. The molecule has 1 atom stereocenters. The maximum Gasteiger partial charge on any atom is 0.412 e. The lowest BCUT2D eigenvalue weighted by Gasteiger charge is -2.20. The second kappa shape index (κ2) is 6.78. The lowest BCUT2D eigenvalue weighted by molar-refractivity contribution is 0.0635. The van der Waals surface area contributed by atoms with Crippen LogP contribution >= 0.6 is 0 Å². The van der Waals surface area contributed by atoms with Gasteiger partial charge < -0.3 is 9.47 Å². The number of carbonyl (C=O) groups excluding carboxylic acids is 1. The van der Waals surface area contributed by atoms with Gasteiger partial charge in [-0.2, -0.15) is 5.10 Å². The molecule has 1 amide bonds. The minimum absolute atomic E-state index is 0.275. The zero-order valence-electron chi connectivity index (χ0n) is 14.0. The molecule has 124 valence electrons. The van der Waals surface area contributed by atoms with Crippen molar-refractivity contribution in [2.45, 2.75) is 39.4 Å². The van der Waals surface area contributed by atoms with Gasteiger partial charge in [0.15, 0.2) is 0 Å². The molecule has 0 spiro atoms. The third kappa shape index (κ3) is 4.29. The Labute approximate surface area is 135 Å². The fourth-order valence-corrected chi connectivity index (χ4v) is 2.06. The first-order chi connectivity index (χ1) is 10.8. The SMILES string of the molecule is COC(C)c1c(NC(=O)OC(C)(C)C)cnn1-c1cccnc1. The fraction of sp³-hybridized carbons (Fsp3) is 0.438. The molecule has 0 saturated carbocycles. The van der Waals surface area contributed by atoms with Gasteiger partial charge in [-0.05, 0) is 39.8 Å². The van der Waals surface area contributed by atoms with Crippen molar-refractivity contribution in [2.75, 3.05) is 12.4 Å². The van der Waals surface area contributed by atoms with Crippen molar-refractivity contribution in [2.24, 2.45) is 0 Å². The molecule has 0 aliphatic carbocycles. The van der Waals surface area contributed by atoms with E-state index in [-0.39, 0.29) is 6.10 Å². The van der Waals surface area contributed by atoms with E-state index in [1.165, 1.54) is 0 Å². The van der Waals surface area contributed by atoms with Gasteiger partial charge in [-0.1, -0.05) is 0 Å². The molecular formula is C16H22N4O3. The molecule has 0 aliphatic rings. The Balaban J connectivity index is 2.34. The Morgan fingerprint density at radius 2 is 2.09 bits per heavy atom. The minimum Gasteiger partial charge on any atom is -0.444 e. The zero-order valence-corrected chi connectivity index (χ0v) is 14.0. The van der Waals surface area contributed by atoms with Crippen LogP contribution < -0.4 is 5.32 Å². The molecule has 2 aromatic heterocycles. The first kappa shape index (κ1) is 17.0. The summed E-state index contributed by atoms with van der Waals surface area (Å²) < 4.78 is 12.4. The monoisotopic (exact) mass is 318 g/mol. The Morgan fingerprint density at radius 1 is 1.35 bits per heavy atom. The van der Waals surface area contributed by atoms with Gasteiger partial charge in [0.25, 0.3) is 0 Å². The van der Waals surface area contributed by atoms with E-state index in [0.29, 0.717) is 11.4 Å². The molecule has 0 bridgehead atoms. The molecule has 7 heteroatoms. The average Bonchev–Trinajstić information content (AvgIpc) is 2.88. The van der Waals surface area contributed by atoms with Gasteiger partial charge in [-0.25, -0.2) is 9.48 Å². The van der Waals surface area contributed by atoms with Crippen LogP contribution in [0.15, 0.2) is 30.7 Å². The van der Waals surface area contributed by atoms with Crippen molar-refractivity contribution < 1.29 is 14.3 Å². The van der Waals surface area contributed by atoms with E-state index in [1.807, 2.05) is 39.8 Å². The summed E-state index contributed by atoms with van der Waals surface area (Å²) in [5.74, 6) is 0. The van der Waals surface area contributed by atoms with Crippen LogP contribution in [0.4, 0.5) is 10.5 Å². The van der Waals surface area contributed by atoms with Crippen molar-refractivity contribution >= 4 is 11.8 Å². The molecule has 0 saturated heterocycles. The normalized spacial score (nSPS) is 12.7. The number of hydrogen-bond donors (Lipinski definition) is 1. The summed E-state index contributed by atoms with van der Waals surface area (Å²) in [6.45, 7) is 7.31. The number of pyridine rings is 1. The average molecular weight is 318 g/mol. The third-order valence-corrected chi connectivity index (χ3v) is 3.07. The van der Waals surface area contributed by atoms with Crippen LogP contribution in [-0.4, -0.2) is 33.6 Å². The first-order valence-corrected chi connectivity index (χ1v) is 7.33. The largest absolute Gasteiger partial charge is 0.444 e. The number of nitrogens with zero attached hydrogens (tertiary/aromatic N) is 3. The summed E-state index contributed by atoms with van der Waals surface area (Å²) >= 11 is 0. The van der Waals surface area contributed by atoms with Gasteiger partial charge in [0.2, 0.25) is 0 Å². The maximum atomic E-state index is 12.0. The van der Waals surface area contributed by atoms with E-state index in [4.69, 9.17) is 9.47 Å². The van der Waals surface area contributed by atoms with Crippen LogP contribution in [0, 0.1) is 0 Å². The fourth-order valence-electron chi connectivity index (χ4n) is 2.06. The highest BCUT2D eigenvalue weighted by Gasteiger charge is 2.22. The van der Waals surface area contributed by atoms with Crippen LogP contribution in [0.2, 0.25) is 0 Å². The van der Waals surface area contributed by atoms with Gasteiger partial charge in [-0.3, -0.25) is 10.3 Å². The van der Waals surface area contributed by atoms with E-state index in [0.717, 1.165) is 5.69 Å². The van der Waals surface area contributed by atoms with Gasteiger partial charge >= 0.3 is 6.09 Å². The molecular weight excluding hydrogens is 296 g/mol. The Hall–Kier alpha value is -2.41. The van der Waals surface area contributed by atoms with Crippen LogP contribution in [0.1, 0.15) is 39.5 Å². The standard InChI is InChI=1S/C16H22N4O3/c1-11(22-5)14-13(19-15(21)23-16(2,3)4)10-18-20(14)12-7-6-8-17-9-12/h6-11H,1-5H3,(H,19,21). The van der Waals surface area contributed by atoms with Gasteiger partial charge in [-0.15, -0.1) is 0 Å². The molecule has 0 radical (unpaired) electrons. The van der Waals surface area contributed by atoms with Gasteiger partial charge in [0.1, 0.15) is 5.60 Å². The molecule has 7 nitrogen and oxygen atoms in total. The number of aromatic nitrogens is 3. The number of hydrogen-bond acceptors (Lipinski definition) is 5. The molecule has 23 heavy (non-hydrogen) atoms. The van der Waals surface area contributed by atoms with Crippen molar-refractivity contribution in [1.82, 2.24) is 14.8 Å². The van der Waals surface area contributed by atoms with Crippen LogP contribution in [-0.2, 0) is 9.47 Å². The van der Waals surface area contributed by atoms with Crippen molar-refractivity contribution in [3.63, 3.8) is 0 Å². The lowest BCUT2D eigenvalue weighted by atomic mass is 10.2. The molecule has 1 N–H and O–H groups in total. The summed E-state index contributed by atoms with van der Waals surface area (Å²) in [5.41, 5.74) is 1.46. The maximum absolute atomic E-state index is 12.0. The van der Waals surface area contributed by atoms with E-state index in [2.05, 4.69) is 15.4 Å². The minimum atomic E-state index is -0.573. The van der Waals surface area contributed by atoms with E-state index in [1.54, 1.807) is 30.4 Å². The highest BCUT2D eigenvalue weighted by Crippen LogP contribution is 2.27. The predicted octanol–water partition coefficient (Wildman–Crippen LogP) is 3.32. The molecule has 2 heterocycles. The number of anilines is 1. The summed E-state index contributed by atoms with van der Waals surface area (Å²) in [6, 6.07) is 3.70. The van der Waals surface area contributed by atoms with Crippen LogP contribution in [0.3, 0.4) is 0 Å². The Kier molecular flexibility index (Phi) is 5.00. The zero-order chi connectivity index (χ0) is 17.0. The number of carbonyl (C=O) groups is 1. The summed E-state index contributed by atoms with van der Waals surface area (Å²) in [6.07, 6.45) is 4.14. The first-order valence-electron chi connectivity index (χ1n) is 7.33. The molecule has 0 fully saturated rings. The van der Waals surface area contributed by atoms with Crippen molar-refractivity contribution in [1.29, 1.82) is 0 Å². The number of methoxy groups -OCH3 is 1. The smallest absolute Gasteiger partial charge is 0.412 e. The second-order valence-electron chi connectivity index (χ2n) is 6.07. The molecule has 2 aromatic rings. The summed E-state index contributed by atoms with van der Waals surface area (Å²) in [4.78, 5) is 16.1. The number of nitrogens with one attached hydrogen (secondary N) is 1. The van der Waals surface area contributed by atoms with Gasteiger partial charge in [0, 0.05) is 13.3 Å². The second-order valence-corrected chi connectivity index (χ2v) is 6.07. The van der Waals surface area contributed by atoms with Crippen molar-refractivity contribution in [3.8, 4) is 5.69 Å². The molecule has 0 aliphatic heterocycles. The molecule has 1 unspecified atom stereocenters. The Morgan fingerprint density at radius 3 is 2.65 bits per heavy atom. The van der Waals surface area contributed by atoms with Gasteiger partial charge in [0.05, 0.1) is 35.6 Å². The van der Waals surface area contributed by atoms with E-state index in [9.17, 15) is 4.79 Å². The Bertz CT molecular complexity index is 662.